The van der Waals surface area contributed by atoms with E-state index in [4.69, 9.17) is 9.97 Å². The molecule has 2 aromatic carbocycles. The third kappa shape index (κ3) is 3.92. The molecule has 3 aromatic heterocycles. The van der Waals surface area contributed by atoms with Gasteiger partial charge in [0.05, 0.1) is 5.52 Å². The summed E-state index contributed by atoms with van der Waals surface area (Å²) >= 11 is 0. The fraction of sp³-hybridized carbons (Fsp3) is 0.276. The molecule has 1 saturated carbocycles. The zero-order chi connectivity index (χ0) is 22.9. The Labute approximate surface area is 199 Å². The fourth-order valence-electron chi connectivity index (χ4n) is 5.45. The number of para-hydroxylation sites is 1. The summed E-state index contributed by atoms with van der Waals surface area (Å²) in [5.41, 5.74) is 5.45. The van der Waals surface area contributed by atoms with Gasteiger partial charge in [0, 0.05) is 42.0 Å². The molecule has 0 radical (unpaired) electrons. The van der Waals surface area contributed by atoms with Crippen molar-refractivity contribution in [3.05, 3.63) is 90.4 Å². The van der Waals surface area contributed by atoms with Crippen LogP contribution in [0.15, 0.2) is 79.3 Å². The van der Waals surface area contributed by atoms with E-state index in [1.807, 2.05) is 22.9 Å². The molecule has 1 unspecified atom stereocenters. The summed E-state index contributed by atoms with van der Waals surface area (Å²) in [4.78, 5) is 14.4. The van der Waals surface area contributed by atoms with Crippen LogP contribution in [0.4, 0.5) is 5.82 Å². The summed E-state index contributed by atoms with van der Waals surface area (Å²) in [6, 6.07) is 21.3. The highest BCUT2D eigenvalue weighted by molar-refractivity contribution is 5.90. The number of aryl methyl sites for hydroxylation is 1. The maximum atomic E-state index is 5.06. The summed E-state index contributed by atoms with van der Waals surface area (Å²) in [7, 11) is 0. The van der Waals surface area contributed by atoms with Crippen LogP contribution in [0.25, 0.3) is 27.9 Å². The van der Waals surface area contributed by atoms with Crippen LogP contribution in [0.5, 0.6) is 0 Å². The smallest absolute Gasteiger partial charge is 0.163 e. The Morgan fingerprint density at radius 3 is 2.65 bits per heavy atom. The van der Waals surface area contributed by atoms with Crippen LogP contribution in [0.2, 0.25) is 0 Å². The predicted molar refractivity (Wildman–Crippen MR) is 138 cm³/mol. The van der Waals surface area contributed by atoms with Gasteiger partial charge in [-0.25, -0.2) is 15.0 Å². The zero-order valence-corrected chi connectivity index (χ0v) is 19.5. The Hall–Kier alpha value is -3.73. The number of anilines is 1. The molecule has 1 aliphatic carbocycles. The molecule has 1 aliphatic rings. The van der Waals surface area contributed by atoms with Crippen LogP contribution in [0.1, 0.15) is 42.7 Å². The second-order valence-electron chi connectivity index (χ2n) is 9.42. The van der Waals surface area contributed by atoms with Gasteiger partial charge in [0.1, 0.15) is 11.5 Å². The van der Waals surface area contributed by atoms with E-state index in [9.17, 15) is 0 Å². The van der Waals surface area contributed by atoms with Gasteiger partial charge in [-0.1, -0.05) is 55.3 Å². The Morgan fingerprint density at radius 2 is 1.79 bits per heavy atom. The SMILES string of the molecule is Cc1cc2nccn2cc1-c1nc(NCC(c2ccccc2)C2CCCC2)c2ccccc2n1. The van der Waals surface area contributed by atoms with Gasteiger partial charge in [0.2, 0.25) is 0 Å². The van der Waals surface area contributed by atoms with Gasteiger partial charge in [-0.2, -0.15) is 0 Å². The predicted octanol–water partition coefficient (Wildman–Crippen LogP) is 6.64. The average molecular weight is 448 g/mol. The number of pyridine rings is 1. The summed E-state index contributed by atoms with van der Waals surface area (Å²) < 4.78 is 2.03. The van der Waals surface area contributed by atoms with Crippen molar-refractivity contribution >= 4 is 22.4 Å². The second kappa shape index (κ2) is 8.90. The molecule has 3 heterocycles. The van der Waals surface area contributed by atoms with E-state index in [2.05, 4.69) is 78.0 Å². The molecule has 5 heteroatoms. The highest BCUT2D eigenvalue weighted by Gasteiger charge is 2.26. The Morgan fingerprint density at radius 1 is 1.00 bits per heavy atom. The summed E-state index contributed by atoms with van der Waals surface area (Å²) in [5.74, 6) is 2.84. The van der Waals surface area contributed by atoms with Crippen LogP contribution in [0.3, 0.4) is 0 Å². The second-order valence-corrected chi connectivity index (χ2v) is 9.42. The van der Waals surface area contributed by atoms with Gasteiger partial charge < -0.3 is 9.72 Å². The Balaban J connectivity index is 1.39. The van der Waals surface area contributed by atoms with E-state index in [0.29, 0.717) is 11.8 Å². The van der Waals surface area contributed by atoms with Crippen molar-refractivity contribution in [1.29, 1.82) is 0 Å². The molecule has 5 aromatic rings. The molecular weight excluding hydrogens is 418 g/mol. The lowest BCUT2D eigenvalue weighted by atomic mass is 9.85. The number of rotatable bonds is 6. The quantitative estimate of drug-likeness (QED) is 0.317. The van der Waals surface area contributed by atoms with Crippen LogP contribution >= 0.6 is 0 Å². The summed E-state index contributed by atoms with van der Waals surface area (Å²) in [6.07, 6.45) is 11.2. The first-order chi connectivity index (χ1) is 16.8. The fourth-order valence-corrected chi connectivity index (χ4v) is 5.45. The van der Waals surface area contributed by atoms with E-state index in [1.54, 1.807) is 0 Å². The topological polar surface area (TPSA) is 55.1 Å². The number of hydrogen-bond donors (Lipinski definition) is 1. The number of benzene rings is 2. The van der Waals surface area contributed by atoms with E-state index < -0.39 is 0 Å². The Bertz CT molecular complexity index is 1430. The lowest BCUT2D eigenvalue weighted by Crippen LogP contribution is -2.20. The molecule has 1 fully saturated rings. The molecule has 0 aliphatic heterocycles. The standard InChI is InChI=1S/C29H29N5/c1-20-17-27-30-15-16-34(27)19-25(20)29-32-26-14-8-7-13-23(26)28(33-29)31-18-24(22-11-5-6-12-22)21-9-3-2-4-10-21/h2-4,7-10,13-17,19,22,24H,5-6,11-12,18H2,1H3,(H,31,32,33). The van der Waals surface area contributed by atoms with Crippen LogP contribution < -0.4 is 5.32 Å². The van der Waals surface area contributed by atoms with Crippen molar-refractivity contribution < 1.29 is 0 Å². The molecule has 0 bridgehead atoms. The van der Waals surface area contributed by atoms with Crippen LogP contribution in [-0.2, 0) is 0 Å². The third-order valence-corrected chi connectivity index (χ3v) is 7.27. The van der Waals surface area contributed by atoms with Gasteiger partial charge in [0.25, 0.3) is 0 Å². The maximum absolute atomic E-state index is 5.06. The maximum Gasteiger partial charge on any atom is 0.163 e. The van der Waals surface area contributed by atoms with Crippen molar-refractivity contribution in [2.24, 2.45) is 5.92 Å². The summed E-state index contributed by atoms with van der Waals surface area (Å²) in [5, 5.41) is 4.82. The molecule has 5 nitrogen and oxygen atoms in total. The van der Waals surface area contributed by atoms with Crippen molar-refractivity contribution in [2.75, 3.05) is 11.9 Å². The van der Waals surface area contributed by atoms with Gasteiger partial charge in [-0.15, -0.1) is 0 Å². The lowest BCUT2D eigenvalue weighted by molar-refractivity contribution is 0.448. The lowest BCUT2D eigenvalue weighted by Gasteiger charge is -2.25. The molecule has 0 spiro atoms. The van der Waals surface area contributed by atoms with Crippen LogP contribution in [0, 0.1) is 12.8 Å². The van der Waals surface area contributed by atoms with Crippen molar-refractivity contribution in [1.82, 2.24) is 19.4 Å². The molecular formula is C29H29N5. The summed E-state index contributed by atoms with van der Waals surface area (Å²) in [6.45, 7) is 2.97. The molecule has 1 N–H and O–H groups in total. The van der Waals surface area contributed by atoms with Crippen LogP contribution in [-0.4, -0.2) is 25.9 Å². The van der Waals surface area contributed by atoms with Gasteiger partial charge in [0.15, 0.2) is 5.82 Å². The molecule has 1 atom stereocenters. The molecule has 0 amide bonds. The van der Waals surface area contributed by atoms with Gasteiger partial charge in [-0.3, -0.25) is 0 Å². The molecule has 170 valence electrons. The normalized spacial score (nSPS) is 15.2. The number of hydrogen-bond acceptors (Lipinski definition) is 4. The average Bonchev–Trinajstić information content (AvgIpc) is 3.56. The number of nitrogens with zero attached hydrogens (tertiary/aromatic N) is 4. The molecule has 6 rings (SSSR count). The Kier molecular flexibility index (Phi) is 5.46. The minimum Gasteiger partial charge on any atom is -0.369 e. The highest BCUT2D eigenvalue weighted by atomic mass is 15.0. The largest absolute Gasteiger partial charge is 0.369 e. The van der Waals surface area contributed by atoms with E-state index >= 15 is 0 Å². The van der Waals surface area contributed by atoms with Crippen molar-refractivity contribution in [3.8, 4) is 11.4 Å². The highest BCUT2D eigenvalue weighted by Crippen LogP contribution is 2.38. The zero-order valence-electron chi connectivity index (χ0n) is 19.5. The van der Waals surface area contributed by atoms with E-state index in [1.165, 1.54) is 31.2 Å². The minimum atomic E-state index is 0.477. The first kappa shape index (κ1) is 20.8. The van der Waals surface area contributed by atoms with E-state index in [0.717, 1.165) is 45.9 Å². The molecule has 0 saturated heterocycles. The first-order valence-electron chi connectivity index (χ1n) is 12.3. The number of fused-ring (bicyclic) bond motifs is 2. The monoisotopic (exact) mass is 447 g/mol. The third-order valence-electron chi connectivity index (χ3n) is 7.27. The number of aromatic nitrogens is 4. The van der Waals surface area contributed by atoms with Crippen molar-refractivity contribution in [3.63, 3.8) is 0 Å². The first-order valence-corrected chi connectivity index (χ1v) is 12.3. The number of nitrogens with one attached hydrogen (secondary N) is 1. The molecule has 34 heavy (non-hydrogen) atoms. The minimum absolute atomic E-state index is 0.477. The van der Waals surface area contributed by atoms with Crippen molar-refractivity contribution in [2.45, 2.75) is 38.5 Å². The van der Waals surface area contributed by atoms with E-state index in [-0.39, 0.29) is 0 Å². The van der Waals surface area contributed by atoms with Gasteiger partial charge in [-0.05, 0) is 55.0 Å². The number of imidazole rings is 1. The van der Waals surface area contributed by atoms with Gasteiger partial charge >= 0.3 is 0 Å².